The molecule has 2 heterocycles. The van der Waals surface area contributed by atoms with Gasteiger partial charge in [0.05, 0.1) is 18.9 Å². The predicted molar refractivity (Wildman–Crippen MR) is 114 cm³/mol. The van der Waals surface area contributed by atoms with Crippen LogP contribution in [0.15, 0.2) is 79.0 Å². The largest absolute Gasteiger partial charge is 0.457 e. The lowest BCUT2D eigenvalue weighted by Gasteiger charge is -2.06. The Kier molecular flexibility index (Phi) is 4.87. The Hall–Kier alpha value is -3.70. The number of ether oxygens (including phenoxy) is 2. The number of Topliss-reactive ketones (excluding diaryl/α,β-unsaturated/α-hetero) is 1. The van der Waals surface area contributed by atoms with Gasteiger partial charge in [-0.1, -0.05) is 48.5 Å². The summed E-state index contributed by atoms with van der Waals surface area (Å²) in [5, 5.41) is 0. The molecule has 3 aromatic carbocycles. The zero-order valence-corrected chi connectivity index (χ0v) is 16.3. The third-order valence-corrected chi connectivity index (χ3v) is 5.10. The molecular weight excluding hydrogens is 376 g/mol. The number of hydrogen-bond acceptors (Lipinski definition) is 4. The number of para-hydroxylation sites is 1. The number of imidazole rings is 1. The van der Waals surface area contributed by atoms with Crippen molar-refractivity contribution in [3.63, 3.8) is 0 Å². The van der Waals surface area contributed by atoms with Gasteiger partial charge in [0, 0.05) is 18.2 Å². The van der Waals surface area contributed by atoms with E-state index >= 15 is 0 Å². The molecule has 148 valence electrons. The molecule has 0 unspecified atom stereocenters. The number of nitrogens with zero attached hydrogens (tertiary/aromatic N) is 1. The van der Waals surface area contributed by atoms with Crippen molar-refractivity contribution in [1.82, 2.24) is 9.97 Å². The summed E-state index contributed by atoms with van der Waals surface area (Å²) in [7, 11) is 0. The maximum absolute atomic E-state index is 12.7. The maximum atomic E-state index is 12.7. The van der Waals surface area contributed by atoms with Crippen molar-refractivity contribution in [3.8, 4) is 22.8 Å². The summed E-state index contributed by atoms with van der Waals surface area (Å²) in [5.74, 6) is 1.80. The third kappa shape index (κ3) is 3.88. The summed E-state index contributed by atoms with van der Waals surface area (Å²) in [4.78, 5) is 20.2. The van der Waals surface area contributed by atoms with Crippen molar-refractivity contribution in [3.05, 3.63) is 102 Å². The van der Waals surface area contributed by atoms with Gasteiger partial charge in [-0.3, -0.25) is 4.79 Å². The Bertz CT molecular complexity index is 1200. The molecule has 0 spiro atoms. The lowest BCUT2D eigenvalue weighted by molar-refractivity contribution is 0.0984. The zero-order valence-electron chi connectivity index (χ0n) is 16.3. The van der Waals surface area contributed by atoms with Crippen molar-refractivity contribution in [2.24, 2.45) is 0 Å². The smallest absolute Gasteiger partial charge is 0.202 e. The Morgan fingerprint density at radius 2 is 1.77 bits per heavy atom. The van der Waals surface area contributed by atoms with Crippen molar-refractivity contribution < 1.29 is 14.3 Å². The lowest BCUT2D eigenvalue weighted by atomic mass is 10.0. The fourth-order valence-electron chi connectivity index (χ4n) is 3.56. The van der Waals surface area contributed by atoms with E-state index in [1.54, 1.807) is 6.20 Å². The molecule has 0 aliphatic carbocycles. The number of H-pyrrole nitrogens is 1. The minimum atomic E-state index is -0.0446. The van der Waals surface area contributed by atoms with Crippen LogP contribution in [0.2, 0.25) is 0 Å². The second-order valence-corrected chi connectivity index (χ2v) is 7.27. The van der Waals surface area contributed by atoms with Crippen LogP contribution in [0.5, 0.6) is 11.5 Å². The fraction of sp³-hybridized carbons (Fsp3) is 0.120. The van der Waals surface area contributed by atoms with Gasteiger partial charge in [-0.15, -0.1) is 0 Å². The fourth-order valence-corrected chi connectivity index (χ4v) is 3.56. The monoisotopic (exact) mass is 396 g/mol. The van der Waals surface area contributed by atoms with Gasteiger partial charge in [-0.25, -0.2) is 4.98 Å². The molecule has 1 N–H and O–H groups in total. The van der Waals surface area contributed by atoms with E-state index in [-0.39, 0.29) is 5.78 Å². The molecule has 0 saturated carbocycles. The van der Waals surface area contributed by atoms with Crippen LogP contribution in [0.4, 0.5) is 0 Å². The predicted octanol–water partition coefficient (Wildman–Crippen LogP) is 5.32. The Labute approximate surface area is 174 Å². The first-order valence-electron chi connectivity index (χ1n) is 9.85. The van der Waals surface area contributed by atoms with E-state index in [1.807, 2.05) is 66.7 Å². The molecule has 30 heavy (non-hydrogen) atoms. The SMILES string of the molecule is O=C(Cc1ccc2c(c1)COC2)c1nc(-c2cccc(Oc3ccccc3)c2)c[nH]1. The molecule has 4 aromatic rings. The number of benzene rings is 3. The van der Waals surface area contributed by atoms with Crippen molar-refractivity contribution in [1.29, 1.82) is 0 Å². The second-order valence-electron chi connectivity index (χ2n) is 7.27. The topological polar surface area (TPSA) is 64.2 Å². The molecule has 5 rings (SSSR count). The molecular formula is C25H20N2O3. The quantitative estimate of drug-likeness (QED) is 0.448. The summed E-state index contributed by atoms with van der Waals surface area (Å²) in [5.41, 5.74) is 4.92. The van der Waals surface area contributed by atoms with Gasteiger partial charge in [0.2, 0.25) is 5.78 Å². The standard InChI is InChI=1S/C25H20N2O3/c28-24(12-17-9-10-19-15-29-16-20(19)11-17)25-26-14-23(27-25)18-5-4-8-22(13-18)30-21-6-2-1-3-7-21/h1-11,13-14H,12,15-16H2,(H,26,27). The summed E-state index contributed by atoms with van der Waals surface area (Å²) < 4.78 is 11.3. The third-order valence-electron chi connectivity index (χ3n) is 5.10. The van der Waals surface area contributed by atoms with E-state index in [2.05, 4.69) is 16.0 Å². The molecule has 5 nitrogen and oxygen atoms in total. The number of aromatic amines is 1. The van der Waals surface area contributed by atoms with Gasteiger partial charge in [-0.2, -0.15) is 0 Å². The zero-order chi connectivity index (χ0) is 20.3. The van der Waals surface area contributed by atoms with E-state index in [0.29, 0.717) is 31.2 Å². The molecule has 1 aromatic heterocycles. The average Bonchev–Trinajstić information content (AvgIpc) is 3.44. The maximum Gasteiger partial charge on any atom is 0.202 e. The summed E-state index contributed by atoms with van der Waals surface area (Å²) in [6.45, 7) is 1.27. The second kappa shape index (κ2) is 7.97. The highest BCUT2D eigenvalue weighted by Crippen LogP contribution is 2.27. The number of nitrogens with one attached hydrogen (secondary N) is 1. The van der Waals surface area contributed by atoms with Crippen LogP contribution in [0, 0.1) is 0 Å². The Morgan fingerprint density at radius 1 is 0.933 bits per heavy atom. The van der Waals surface area contributed by atoms with Crippen LogP contribution in [0.25, 0.3) is 11.3 Å². The molecule has 1 aliphatic heterocycles. The van der Waals surface area contributed by atoms with E-state index in [4.69, 9.17) is 9.47 Å². The highest BCUT2D eigenvalue weighted by Gasteiger charge is 2.16. The first-order chi connectivity index (χ1) is 14.7. The van der Waals surface area contributed by atoms with E-state index in [1.165, 1.54) is 5.56 Å². The van der Waals surface area contributed by atoms with Crippen LogP contribution < -0.4 is 4.74 Å². The van der Waals surface area contributed by atoms with Gasteiger partial charge in [0.15, 0.2) is 5.82 Å². The number of hydrogen-bond donors (Lipinski definition) is 1. The highest BCUT2D eigenvalue weighted by atomic mass is 16.5. The van der Waals surface area contributed by atoms with Gasteiger partial charge < -0.3 is 14.5 Å². The first kappa shape index (κ1) is 18.3. The first-order valence-corrected chi connectivity index (χ1v) is 9.85. The number of rotatable bonds is 6. The van der Waals surface area contributed by atoms with Crippen LogP contribution in [0.3, 0.4) is 0 Å². The number of carbonyl (C=O) groups is 1. The summed E-state index contributed by atoms with van der Waals surface area (Å²) in [6.07, 6.45) is 2.06. The van der Waals surface area contributed by atoms with E-state index < -0.39 is 0 Å². The van der Waals surface area contributed by atoms with E-state index in [9.17, 15) is 4.79 Å². The van der Waals surface area contributed by atoms with Crippen LogP contribution in [-0.2, 0) is 24.4 Å². The Balaban J connectivity index is 1.31. The number of ketones is 1. The molecule has 5 heteroatoms. The van der Waals surface area contributed by atoms with Crippen LogP contribution in [0.1, 0.15) is 27.3 Å². The number of fused-ring (bicyclic) bond motifs is 1. The molecule has 0 radical (unpaired) electrons. The van der Waals surface area contributed by atoms with Gasteiger partial charge in [0.25, 0.3) is 0 Å². The lowest BCUT2D eigenvalue weighted by Crippen LogP contribution is -2.06. The molecule has 0 saturated heterocycles. The molecule has 0 atom stereocenters. The average molecular weight is 396 g/mol. The molecule has 0 fully saturated rings. The highest BCUT2D eigenvalue weighted by molar-refractivity contribution is 5.94. The van der Waals surface area contributed by atoms with Crippen molar-refractivity contribution in [2.75, 3.05) is 0 Å². The normalized spacial score (nSPS) is 12.5. The van der Waals surface area contributed by atoms with Gasteiger partial charge in [0.1, 0.15) is 11.5 Å². The molecule has 1 aliphatic rings. The number of carbonyl (C=O) groups excluding carboxylic acids is 1. The summed E-state index contributed by atoms with van der Waals surface area (Å²) in [6, 6.07) is 23.4. The molecule has 0 amide bonds. The minimum absolute atomic E-state index is 0.0446. The minimum Gasteiger partial charge on any atom is -0.457 e. The van der Waals surface area contributed by atoms with Crippen molar-refractivity contribution >= 4 is 5.78 Å². The number of aromatic nitrogens is 2. The van der Waals surface area contributed by atoms with Crippen molar-refractivity contribution in [2.45, 2.75) is 19.6 Å². The van der Waals surface area contributed by atoms with E-state index in [0.717, 1.165) is 28.2 Å². The van der Waals surface area contributed by atoms with Gasteiger partial charge >= 0.3 is 0 Å². The van der Waals surface area contributed by atoms with Gasteiger partial charge in [-0.05, 0) is 41.0 Å². The van der Waals surface area contributed by atoms with Crippen LogP contribution in [-0.4, -0.2) is 15.8 Å². The molecule has 0 bridgehead atoms. The Morgan fingerprint density at radius 3 is 2.67 bits per heavy atom. The summed E-state index contributed by atoms with van der Waals surface area (Å²) >= 11 is 0. The van der Waals surface area contributed by atoms with Crippen LogP contribution >= 0.6 is 0 Å².